The van der Waals surface area contributed by atoms with E-state index < -0.39 is 0 Å². The number of fused-ring (bicyclic) bond motifs is 9. The van der Waals surface area contributed by atoms with Crippen LogP contribution in [0.15, 0.2) is 167 Å². The first kappa shape index (κ1) is 33.5. The van der Waals surface area contributed by atoms with E-state index in [1.165, 1.54) is 66.4 Å². The van der Waals surface area contributed by atoms with Gasteiger partial charge in [-0.15, -0.1) is 0 Å². The van der Waals surface area contributed by atoms with E-state index in [1.54, 1.807) is 5.57 Å². The number of anilines is 2. The molecule has 2 unspecified atom stereocenters. The zero-order chi connectivity index (χ0) is 37.8. The monoisotopic (exact) mass is 725 g/mol. The van der Waals surface area contributed by atoms with Crippen LogP contribution in [0.4, 0.5) is 11.4 Å². The van der Waals surface area contributed by atoms with Gasteiger partial charge in [0.2, 0.25) is 0 Å². The van der Waals surface area contributed by atoms with Gasteiger partial charge in [0.15, 0.2) is 5.58 Å². The number of nitrogens with zero attached hydrogens (tertiary/aromatic N) is 1. The summed E-state index contributed by atoms with van der Waals surface area (Å²) in [4.78, 5) is 2.52. The number of para-hydroxylation sites is 1. The number of rotatable bonds is 5. The molecule has 56 heavy (non-hydrogen) atoms. The normalized spacial score (nSPS) is 21.0. The van der Waals surface area contributed by atoms with E-state index in [0.717, 1.165) is 48.2 Å². The first-order chi connectivity index (χ1) is 27.3. The van der Waals surface area contributed by atoms with Crippen molar-refractivity contribution in [2.45, 2.75) is 70.3 Å². The molecule has 11 rings (SSSR count). The zero-order valence-electron chi connectivity index (χ0n) is 32.8. The Labute approximate surface area is 330 Å². The van der Waals surface area contributed by atoms with Gasteiger partial charge in [-0.1, -0.05) is 161 Å². The fraction of sp³-hybridized carbons (Fsp3) is 0.222. The number of hydrogen-bond donors (Lipinski definition) is 0. The van der Waals surface area contributed by atoms with Crippen molar-refractivity contribution in [3.8, 4) is 22.3 Å². The van der Waals surface area contributed by atoms with Gasteiger partial charge in [0.1, 0.15) is 5.58 Å². The second-order valence-corrected chi connectivity index (χ2v) is 17.4. The van der Waals surface area contributed by atoms with E-state index in [-0.39, 0.29) is 16.9 Å². The lowest BCUT2D eigenvalue weighted by atomic mass is 9.78. The number of hydrogen-bond acceptors (Lipinski definition) is 2. The van der Waals surface area contributed by atoms with Crippen molar-refractivity contribution in [2.24, 2.45) is 5.92 Å². The summed E-state index contributed by atoms with van der Waals surface area (Å²) in [6, 6.07) is 36.7. The Morgan fingerprint density at radius 2 is 1.46 bits per heavy atom. The Kier molecular flexibility index (Phi) is 7.37. The summed E-state index contributed by atoms with van der Waals surface area (Å²) >= 11 is 0. The maximum atomic E-state index is 7.19. The Morgan fingerprint density at radius 3 is 2.29 bits per heavy atom. The smallest absolute Gasteiger partial charge is 0.159 e. The minimum Gasteiger partial charge on any atom is -0.453 e. The Hall–Kier alpha value is -5.86. The Balaban J connectivity index is 1.02. The van der Waals surface area contributed by atoms with Gasteiger partial charge in [-0.25, -0.2) is 0 Å². The molecule has 0 spiro atoms. The molecule has 0 N–H and O–H groups in total. The maximum Gasteiger partial charge on any atom is 0.159 e. The van der Waals surface area contributed by atoms with E-state index in [9.17, 15) is 0 Å². The van der Waals surface area contributed by atoms with E-state index in [4.69, 9.17) is 4.42 Å². The highest BCUT2D eigenvalue weighted by Gasteiger charge is 2.40. The second kappa shape index (κ2) is 12.3. The Bertz CT molecular complexity index is 2810. The van der Waals surface area contributed by atoms with Crippen molar-refractivity contribution in [3.63, 3.8) is 0 Å². The van der Waals surface area contributed by atoms with E-state index in [2.05, 4.69) is 184 Å². The summed E-state index contributed by atoms with van der Waals surface area (Å²) in [5.74, 6) is 0.438. The molecule has 0 aliphatic heterocycles. The minimum atomic E-state index is -0.0332. The lowest BCUT2D eigenvalue weighted by Crippen LogP contribution is -2.30. The third kappa shape index (κ3) is 4.87. The predicted molar refractivity (Wildman–Crippen MR) is 236 cm³/mol. The third-order valence-electron chi connectivity index (χ3n) is 13.7. The molecule has 274 valence electrons. The molecular weight excluding hydrogens is 679 g/mol. The van der Waals surface area contributed by atoms with Gasteiger partial charge in [0.25, 0.3) is 0 Å². The van der Waals surface area contributed by atoms with Crippen LogP contribution >= 0.6 is 0 Å². The molecule has 5 aliphatic rings. The highest BCUT2D eigenvalue weighted by Crippen LogP contribution is 2.54. The van der Waals surface area contributed by atoms with Gasteiger partial charge in [-0.05, 0) is 100 Å². The molecule has 5 aromatic carbocycles. The van der Waals surface area contributed by atoms with E-state index >= 15 is 0 Å². The van der Waals surface area contributed by atoms with Gasteiger partial charge in [0.05, 0.1) is 11.7 Å². The minimum absolute atomic E-state index is 0.00197. The summed E-state index contributed by atoms with van der Waals surface area (Å²) < 4.78 is 7.19. The summed E-state index contributed by atoms with van der Waals surface area (Å²) in [6.45, 7) is 9.49. The molecule has 6 aromatic rings. The molecule has 0 saturated heterocycles. The maximum absolute atomic E-state index is 7.19. The molecule has 0 bridgehead atoms. The van der Waals surface area contributed by atoms with Gasteiger partial charge in [0, 0.05) is 38.8 Å². The quantitative estimate of drug-likeness (QED) is 0.176. The number of benzene rings is 5. The fourth-order valence-corrected chi connectivity index (χ4v) is 10.7. The fourth-order valence-electron chi connectivity index (χ4n) is 10.7. The van der Waals surface area contributed by atoms with Crippen LogP contribution in [0.25, 0.3) is 49.8 Å². The first-order valence-electron chi connectivity index (χ1n) is 20.5. The average molecular weight is 726 g/mol. The summed E-state index contributed by atoms with van der Waals surface area (Å²) in [5, 5.41) is 2.37. The van der Waals surface area contributed by atoms with Crippen LogP contribution in [0.3, 0.4) is 0 Å². The van der Waals surface area contributed by atoms with Crippen molar-refractivity contribution in [2.75, 3.05) is 4.90 Å². The molecule has 2 atom stereocenters. The predicted octanol–water partition coefficient (Wildman–Crippen LogP) is 14.5. The summed E-state index contributed by atoms with van der Waals surface area (Å²) in [6.07, 6.45) is 25.1. The SMILES string of the molecule is CC1(C)C2=C(C=CCC2)c2c1ccc1c2oc2c(N(c3ccc(-c4ccc5c(c4)C(C)(C)c4ccccc4-5)cc3)C3C=CC(C4C=CC=CC4)=CC3)cccc21. The van der Waals surface area contributed by atoms with Gasteiger partial charge in [-0.3, -0.25) is 0 Å². The molecule has 0 saturated carbocycles. The molecule has 1 heterocycles. The molecule has 2 heteroatoms. The molecule has 2 nitrogen and oxygen atoms in total. The van der Waals surface area contributed by atoms with Crippen LogP contribution < -0.4 is 4.90 Å². The molecule has 0 amide bonds. The lowest BCUT2D eigenvalue weighted by molar-refractivity contribution is 0.605. The largest absolute Gasteiger partial charge is 0.453 e. The number of allylic oxidation sites excluding steroid dienone is 10. The molecule has 0 radical (unpaired) electrons. The van der Waals surface area contributed by atoms with Crippen LogP contribution in [0, 0.1) is 5.92 Å². The van der Waals surface area contributed by atoms with Crippen molar-refractivity contribution in [3.05, 3.63) is 185 Å². The summed E-state index contributed by atoms with van der Waals surface area (Å²) in [7, 11) is 0. The summed E-state index contributed by atoms with van der Waals surface area (Å²) in [5.41, 5.74) is 19.2. The van der Waals surface area contributed by atoms with Crippen LogP contribution in [-0.2, 0) is 10.8 Å². The van der Waals surface area contributed by atoms with Crippen molar-refractivity contribution in [1.82, 2.24) is 0 Å². The highest BCUT2D eigenvalue weighted by molar-refractivity contribution is 6.14. The highest BCUT2D eigenvalue weighted by atomic mass is 16.3. The molecule has 0 fully saturated rings. The van der Waals surface area contributed by atoms with Gasteiger partial charge in [-0.2, -0.15) is 0 Å². The third-order valence-corrected chi connectivity index (χ3v) is 13.7. The van der Waals surface area contributed by atoms with Crippen LogP contribution in [-0.4, -0.2) is 6.04 Å². The number of furan rings is 1. The van der Waals surface area contributed by atoms with Crippen LogP contribution in [0.5, 0.6) is 0 Å². The second-order valence-electron chi connectivity index (χ2n) is 17.4. The van der Waals surface area contributed by atoms with Crippen molar-refractivity contribution in [1.29, 1.82) is 0 Å². The molecule has 5 aliphatic carbocycles. The van der Waals surface area contributed by atoms with Gasteiger partial charge >= 0.3 is 0 Å². The van der Waals surface area contributed by atoms with Crippen molar-refractivity contribution < 1.29 is 4.42 Å². The van der Waals surface area contributed by atoms with Crippen molar-refractivity contribution >= 4 is 38.9 Å². The first-order valence-corrected chi connectivity index (χ1v) is 20.5. The van der Waals surface area contributed by atoms with Gasteiger partial charge < -0.3 is 9.32 Å². The topological polar surface area (TPSA) is 16.4 Å². The van der Waals surface area contributed by atoms with E-state index in [1.807, 2.05) is 0 Å². The molecular formula is C54H47NO. The zero-order valence-corrected chi connectivity index (χ0v) is 32.8. The van der Waals surface area contributed by atoms with E-state index in [0.29, 0.717) is 5.92 Å². The average Bonchev–Trinajstić information content (AvgIpc) is 3.82. The Morgan fingerprint density at radius 1 is 0.643 bits per heavy atom. The standard InChI is InChI=1S/C54H47NO/c1-53(2)46-19-11-9-16-44(46)50-47(53)32-31-43-42-17-12-20-49(51(42)56-52(43)50)55(38-26-21-35(22-27-38)34-13-6-5-7-14-34)39-28-23-36(24-29-39)37-25-30-41-40-15-8-10-18-45(40)54(3,4)48(41)33-37/h5-10,12-13,15-18,20-26,28-34,38H,11,14,19,27H2,1-4H3. The van der Waals surface area contributed by atoms with Crippen LogP contribution in [0.1, 0.15) is 75.6 Å². The van der Waals surface area contributed by atoms with Crippen LogP contribution in [0.2, 0.25) is 0 Å². The lowest BCUT2D eigenvalue weighted by Gasteiger charge is -2.34. The molecule has 1 aromatic heterocycles.